The number of methoxy groups -OCH3 is 2. The highest BCUT2D eigenvalue weighted by Gasteiger charge is 2.14. The maximum Gasteiger partial charge on any atom is 0.276 e. The molecule has 2 amide bonds. The number of para-hydroxylation sites is 1. The van der Waals surface area contributed by atoms with E-state index < -0.39 is 24.2 Å². The van der Waals surface area contributed by atoms with Crippen molar-refractivity contribution in [3.05, 3.63) is 96.4 Å². The molecule has 0 saturated carbocycles. The first-order chi connectivity index (χ1) is 18.5. The van der Waals surface area contributed by atoms with Gasteiger partial charge in [0.2, 0.25) is 0 Å². The van der Waals surface area contributed by atoms with E-state index in [0.717, 1.165) is 17.3 Å². The molecule has 4 aromatic rings. The van der Waals surface area contributed by atoms with Crippen molar-refractivity contribution in [3.63, 3.8) is 0 Å². The third-order valence-electron chi connectivity index (χ3n) is 5.33. The molecule has 0 aliphatic heterocycles. The van der Waals surface area contributed by atoms with Crippen molar-refractivity contribution < 1.29 is 28.2 Å². The molecule has 194 valence electrons. The summed E-state index contributed by atoms with van der Waals surface area (Å²) in [5.41, 5.74) is 7.38. The molecule has 0 fully saturated rings. The van der Waals surface area contributed by atoms with Crippen LogP contribution in [0.25, 0.3) is 23.0 Å². The van der Waals surface area contributed by atoms with Crippen LogP contribution in [0.2, 0.25) is 0 Å². The van der Waals surface area contributed by atoms with Gasteiger partial charge in [-0.05, 0) is 48.5 Å². The Kier molecular flexibility index (Phi) is 8.35. The molecule has 1 aromatic heterocycles. The molecule has 0 spiro atoms. The Morgan fingerprint density at radius 1 is 0.947 bits per heavy atom. The summed E-state index contributed by atoms with van der Waals surface area (Å²) >= 11 is 0. The first-order valence-corrected chi connectivity index (χ1v) is 11.5. The van der Waals surface area contributed by atoms with Crippen molar-refractivity contribution >= 4 is 17.9 Å². The second-order valence-corrected chi connectivity index (χ2v) is 7.90. The maximum absolute atomic E-state index is 13.2. The van der Waals surface area contributed by atoms with Crippen LogP contribution in [0.15, 0.2) is 85.1 Å². The molecule has 2 N–H and O–H groups in total. The van der Waals surface area contributed by atoms with E-state index in [1.165, 1.54) is 24.3 Å². The molecule has 0 aliphatic rings. The molecule has 3 aromatic carbocycles. The number of hydrazine groups is 1. The summed E-state index contributed by atoms with van der Waals surface area (Å²) in [6, 6.07) is 20.3. The van der Waals surface area contributed by atoms with Crippen molar-refractivity contribution in [1.29, 1.82) is 0 Å². The lowest BCUT2D eigenvalue weighted by molar-refractivity contribution is -0.128. The zero-order chi connectivity index (χ0) is 26.9. The molecule has 9 nitrogen and oxygen atoms in total. The van der Waals surface area contributed by atoms with Crippen LogP contribution in [-0.4, -0.2) is 42.4 Å². The Morgan fingerprint density at radius 2 is 1.74 bits per heavy atom. The lowest BCUT2D eigenvalue weighted by Crippen LogP contribution is -2.43. The predicted molar refractivity (Wildman–Crippen MR) is 139 cm³/mol. The van der Waals surface area contributed by atoms with Gasteiger partial charge in [-0.15, -0.1) is 0 Å². The minimum atomic E-state index is -0.612. The summed E-state index contributed by atoms with van der Waals surface area (Å²) in [6.07, 6.45) is 4.64. The fourth-order valence-corrected chi connectivity index (χ4v) is 3.51. The predicted octanol–water partition coefficient (Wildman–Crippen LogP) is 3.94. The third-order valence-corrected chi connectivity index (χ3v) is 5.33. The highest BCUT2D eigenvalue weighted by Crippen LogP contribution is 2.33. The van der Waals surface area contributed by atoms with Gasteiger partial charge in [0.25, 0.3) is 11.8 Å². The van der Waals surface area contributed by atoms with Crippen LogP contribution in [0.5, 0.6) is 17.2 Å². The van der Waals surface area contributed by atoms with Gasteiger partial charge in [-0.3, -0.25) is 20.4 Å². The van der Waals surface area contributed by atoms with Crippen LogP contribution in [-0.2, 0) is 9.59 Å². The Morgan fingerprint density at radius 3 is 2.47 bits per heavy atom. The van der Waals surface area contributed by atoms with Gasteiger partial charge in [0.15, 0.2) is 18.1 Å². The fraction of sp³-hybridized carbons (Fsp3) is 0.107. The van der Waals surface area contributed by atoms with Crippen LogP contribution in [0, 0.1) is 5.82 Å². The zero-order valence-electron chi connectivity index (χ0n) is 20.7. The van der Waals surface area contributed by atoms with E-state index in [0.29, 0.717) is 22.8 Å². The van der Waals surface area contributed by atoms with E-state index >= 15 is 0 Å². The molecule has 0 aliphatic carbocycles. The highest BCUT2D eigenvalue weighted by atomic mass is 19.1. The quantitative estimate of drug-likeness (QED) is 0.258. The standard InChI is InChI=1S/C28H25FN4O5/c1-36-24-13-11-19(15-25(24)37-2)28-20(17-33(32-28)22-8-4-3-5-9-22)12-14-26(34)30-31-27(35)18-38-23-10-6-7-21(29)16-23/h3-17H,18H2,1-2H3,(H,30,34)(H,31,35)/b14-12+. The number of hydrogen-bond acceptors (Lipinski definition) is 6. The lowest BCUT2D eigenvalue weighted by atomic mass is 10.1. The molecule has 4 rings (SSSR count). The molecular weight excluding hydrogens is 491 g/mol. The summed E-state index contributed by atoms with van der Waals surface area (Å²) in [6.45, 7) is -0.402. The normalized spacial score (nSPS) is 10.7. The molecule has 0 unspecified atom stereocenters. The Balaban J connectivity index is 1.48. The number of aromatic nitrogens is 2. The topological polar surface area (TPSA) is 104 Å². The molecule has 0 saturated heterocycles. The van der Waals surface area contributed by atoms with Crippen LogP contribution in [0.4, 0.5) is 4.39 Å². The van der Waals surface area contributed by atoms with Crippen LogP contribution in [0.1, 0.15) is 5.56 Å². The molecule has 0 radical (unpaired) electrons. The third kappa shape index (κ3) is 6.55. The van der Waals surface area contributed by atoms with E-state index in [1.54, 1.807) is 43.3 Å². The minimum Gasteiger partial charge on any atom is -0.493 e. The minimum absolute atomic E-state index is 0.199. The summed E-state index contributed by atoms with van der Waals surface area (Å²) < 4.78 is 30.9. The van der Waals surface area contributed by atoms with Gasteiger partial charge in [-0.2, -0.15) is 5.10 Å². The second-order valence-electron chi connectivity index (χ2n) is 7.90. The van der Waals surface area contributed by atoms with E-state index in [-0.39, 0.29) is 5.75 Å². The van der Waals surface area contributed by atoms with E-state index in [2.05, 4.69) is 10.9 Å². The molecule has 0 bridgehead atoms. The molecule has 10 heteroatoms. The van der Waals surface area contributed by atoms with Gasteiger partial charge in [0.05, 0.1) is 19.9 Å². The average Bonchev–Trinajstić information content (AvgIpc) is 3.38. The summed E-state index contributed by atoms with van der Waals surface area (Å²) in [7, 11) is 3.10. The summed E-state index contributed by atoms with van der Waals surface area (Å²) in [4.78, 5) is 24.4. The number of carbonyl (C=O) groups is 2. The van der Waals surface area contributed by atoms with Gasteiger partial charge in [-0.1, -0.05) is 24.3 Å². The number of amides is 2. The van der Waals surface area contributed by atoms with Gasteiger partial charge in [0, 0.05) is 29.5 Å². The summed E-state index contributed by atoms with van der Waals surface area (Å²) in [5, 5.41) is 4.72. The van der Waals surface area contributed by atoms with Crippen molar-refractivity contribution in [2.45, 2.75) is 0 Å². The molecule has 38 heavy (non-hydrogen) atoms. The molecule has 0 atom stereocenters. The Bertz CT molecular complexity index is 1450. The monoisotopic (exact) mass is 516 g/mol. The summed E-state index contributed by atoms with van der Waals surface area (Å²) in [5.74, 6) is -0.356. The van der Waals surface area contributed by atoms with Crippen LogP contribution in [0.3, 0.4) is 0 Å². The SMILES string of the molecule is COc1ccc(-c2nn(-c3ccccc3)cc2/C=C/C(=O)NNC(=O)COc2cccc(F)c2)cc1OC. The fourth-order valence-electron chi connectivity index (χ4n) is 3.51. The smallest absolute Gasteiger partial charge is 0.276 e. The maximum atomic E-state index is 13.2. The van der Waals surface area contributed by atoms with E-state index in [4.69, 9.17) is 19.3 Å². The number of hydrogen-bond donors (Lipinski definition) is 2. The number of rotatable bonds is 9. The van der Waals surface area contributed by atoms with Gasteiger partial charge in [-0.25, -0.2) is 9.07 Å². The van der Waals surface area contributed by atoms with Crippen molar-refractivity contribution in [1.82, 2.24) is 20.6 Å². The Hall–Kier alpha value is -5.12. The lowest BCUT2D eigenvalue weighted by Gasteiger charge is -2.09. The van der Waals surface area contributed by atoms with Crippen molar-refractivity contribution in [2.75, 3.05) is 20.8 Å². The number of benzene rings is 3. The number of ether oxygens (including phenoxy) is 3. The van der Waals surface area contributed by atoms with Crippen molar-refractivity contribution in [3.8, 4) is 34.2 Å². The number of halogens is 1. The van der Waals surface area contributed by atoms with E-state index in [1.807, 2.05) is 36.4 Å². The molecule has 1 heterocycles. The molecular formula is C28H25FN4O5. The van der Waals surface area contributed by atoms with E-state index in [9.17, 15) is 14.0 Å². The van der Waals surface area contributed by atoms with Crippen molar-refractivity contribution in [2.24, 2.45) is 0 Å². The van der Waals surface area contributed by atoms with Gasteiger partial charge < -0.3 is 14.2 Å². The average molecular weight is 517 g/mol. The number of carbonyl (C=O) groups excluding carboxylic acids is 2. The van der Waals surface area contributed by atoms with Crippen LogP contribution >= 0.6 is 0 Å². The largest absolute Gasteiger partial charge is 0.493 e. The second kappa shape index (κ2) is 12.2. The first-order valence-electron chi connectivity index (χ1n) is 11.5. The van der Waals surface area contributed by atoms with Gasteiger partial charge >= 0.3 is 0 Å². The Labute approximate surface area is 218 Å². The zero-order valence-corrected chi connectivity index (χ0v) is 20.7. The van der Waals surface area contributed by atoms with Gasteiger partial charge in [0.1, 0.15) is 17.3 Å². The highest BCUT2D eigenvalue weighted by molar-refractivity contribution is 5.94. The first kappa shape index (κ1) is 26.0. The number of nitrogens with one attached hydrogen (secondary N) is 2. The number of nitrogens with zero attached hydrogens (tertiary/aromatic N) is 2. The van der Waals surface area contributed by atoms with Crippen LogP contribution < -0.4 is 25.1 Å².